The maximum Gasteiger partial charge on any atom is 0.426 e. The number of carbonyl (C=O) groups is 3. The fourth-order valence-corrected chi connectivity index (χ4v) is 3.11. The number of unbranched alkanes of at least 4 members (excludes halogenated alkanes) is 1. The summed E-state index contributed by atoms with van der Waals surface area (Å²) in [6.45, 7) is 3.98. The molecule has 3 N–H and O–H groups in total. The van der Waals surface area contributed by atoms with E-state index in [0.29, 0.717) is 37.4 Å². The molecule has 0 aliphatic carbocycles. The number of hydrogen-bond acceptors (Lipinski definition) is 7. The Kier molecular flexibility index (Phi) is 9.61. The Morgan fingerprint density at radius 3 is 2.50 bits per heavy atom. The summed E-state index contributed by atoms with van der Waals surface area (Å²) in [7, 11) is 0. The Morgan fingerprint density at radius 1 is 1.25 bits per heavy atom. The third-order valence-electron chi connectivity index (χ3n) is 4.68. The van der Waals surface area contributed by atoms with Gasteiger partial charge in [0.05, 0.1) is 5.69 Å². The van der Waals surface area contributed by atoms with Gasteiger partial charge in [0.25, 0.3) is 0 Å². The van der Waals surface area contributed by atoms with Gasteiger partial charge in [-0.05, 0) is 31.4 Å². The van der Waals surface area contributed by atoms with Crippen LogP contribution in [0.3, 0.4) is 0 Å². The van der Waals surface area contributed by atoms with E-state index >= 15 is 0 Å². The van der Waals surface area contributed by atoms with E-state index in [0.717, 1.165) is 36.8 Å². The number of amides is 1. The quantitative estimate of drug-likeness (QED) is 0.427. The van der Waals surface area contributed by atoms with Crippen LogP contribution in [-0.2, 0) is 14.4 Å². The molecule has 0 bridgehead atoms. The Morgan fingerprint density at radius 2 is 1.91 bits per heavy atom. The largest absolute Gasteiger partial charge is 0.478 e. The zero-order chi connectivity index (χ0) is 23.5. The lowest BCUT2D eigenvalue weighted by molar-refractivity contribution is -0.134. The molecule has 10 nitrogen and oxygen atoms in total. The summed E-state index contributed by atoms with van der Waals surface area (Å²) >= 11 is 0. The van der Waals surface area contributed by atoms with E-state index in [4.69, 9.17) is 19.6 Å². The van der Waals surface area contributed by atoms with Gasteiger partial charge in [0.2, 0.25) is 0 Å². The van der Waals surface area contributed by atoms with E-state index in [9.17, 15) is 18.8 Å². The number of carboxylic acid groups (broad SMARTS) is 2. The minimum absolute atomic E-state index is 0.222. The molecule has 1 aromatic carbocycles. The van der Waals surface area contributed by atoms with Gasteiger partial charge in [-0.25, -0.2) is 18.8 Å². The van der Waals surface area contributed by atoms with Crippen molar-refractivity contribution >= 4 is 29.0 Å². The first kappa shape index (κ1) is 24.8. The second-order valence-corrected chi connectivity index (χ2v) is 7.08. The van der Waals surface area contributed by atoms with Crippen molar-refractivity contribution in [2.75, 3.05) is 19.6 Å². The number of aliphatic carboxylic acids is 2. The summed E-state index contributed by atoms with van der Waals surface area (Å²) in [6.07, 6.45) is 4.30. The number of nitrogens with one attached hydrogen (secondary N) is 1. The van der Waals surface area contributed by atoms with Crippen LogP contribution < -0.4 is 5.32 Å². The number of carbonyl (C=O) groups excluding carboxylic acids is 1. The molecule has 0 unspecified atom stereocenters. The van der Waals surface area contributed by atoms with Crippen LogP contribution in [0.25, 0.3) is 11.0 Å². The Balaban J connectivity index is 0.000000390. The Hall–Kier alpha value is -3.47. The molecule has 1 amide bonds. The molecule has 11 heteroatoms. The minimum Gasteiger partial charge on any atom is -0.478 e. The molecule has 1 aliphatic heterocycles. The molecule has 174 valence electrons. The van der Waals surface area contributed by atoms with Gasteiger partial charge in [0.15, 0.2) is 5.58 Å². The third-order valence-corrected chi connectivity index (χ3v) is 4.68. The maximum absolute atomic E-state index is 13.2. The number of nitrogens with zero attached hydrogens (tertiary/aromatic N) is 2. The highest BCUT2D eigenvalue weighted by Gasteiger charge is 2.26. The maximum atomic E-state index is 13.2. The molecule has 1 fully saturated rings. The Bertz CT molecular complexity index is 936. The van der Waals surface area contributed by atoms with Crippen molar-refractivity contribution < 1.29 is 38.3 Å². The van der Waals surface area contributed by atoms with E-state index in [-0.39, 0.29) is 11.7 Å². The molecular formula is C21H26FN3O7. The monoisotopic (exact) mass is 451 g/mol. The molecule has 0 spiro atoms. The fourth-order valence-electron chi connectivity index (χ4n) is 3.11. The lowest BCUT2D eigenvalue weighted by Gasteiger charge is -2.29. The summed E-state index contributed by atoms with van der Waals surface area (Å²) in [5.41, 5.74) is 1.33. The van der Waals surface area contributed by atoms with Crippen LogP contribution >= 0.6 is 0 Å². The summed E-state index contributed by atoms with van der Waals surface area (Å²) in [5.74, 6) is -2.62. The fraction of sp³-hybridized carbons (Fsp3) is 0.429. The number of halogens is 1. The minimum atomic E-state index is -1.26. The van der Waals surface area contributed by atoms with Gasteiger partial charge < -0.3 is 24.9 Å². The topological polar surface area (TPSA) is 142 Å². The van der Waals surface area contributed by atoms with Gasteiger partial charge >= 0.3 is 18.0 Å². The lowest BCUT2D eigenvalue weighted by atomic mass is 9.92. The lowest BCUT2D eigenvalue weighted by Crippen LogP contribution is -2.38. The highest BCUT2D eigenvalue weighted by atomic mass is 19.1. The van der Waals surface area contributed by atoms with Crippen molar-refractivity contribution in [3.05, 3.63) is 41.9 Å². The van der Waals surface area contributed by atoms with Crippen molar-refractivity contribution in [2.45, 2.75) is 38.5 Å². The number of carboxylic acids is 2. The molecular weight excluding hydrogens is 425 g/mol. The number of fused-ring (bicyclic) bond motifs is 1. The molecule has 32 heavy (non-hydrogen) atoms. The van der Waals surface area contributed by atoms with Gasteiger partial charge in [-0.1, -0.05) is 18.5 Å². The highest BCUT2D eigenvalue weighted by molar-refractivity contribution is 5.89. The molecule has 2 heterocycles. The summed E-state index contributed by atoms with van der Waals surface area (Å²) in [6, 6.07) is 4.48. The molecule has 1 saturated heterocycles. The molecule has 0 saturated carbocycles. The van der Waals surface area contributed by atoms with Gasteiger partial charge in [0.1, 0.15) is 5.82 Å². The van der Waals surface area contributed by atoms with Crippen LogP contribution in [-0.4, -0.2) is 58.1 Å². The predicted molar refractivity (Wildman–Crippen MR) is 111 cm³/mol. The predicted octanol–water partition coefficient (Wildman–Crippen LogP) is 3.30. The number of hydroxylamine groups is 2. The van der Waals surface area contributed by atoms with Gasteiger partial charge in [-0.2, -0.15) is 0 Å². The van der Waals surface area contributed by atoms with Crippen molar-refractivity contribution in [1.29, 1.82) is 0 Å². The first-order chi connectivity index (χ1) is 15.3. The van der Waals surface area contributed by atoms with Gasteiger partial charge in [-0.3, -0.25) is 0 Å². The van der Waals surface area contributed by atoms with Crippen molar-refractivity contribution in [1.82, 2.24) is 15.5 Å². The van der Waals surface area contributed by atoms with Crippen LogP contribution in [0.5, 0.6) is 0 Å². The van der Waals surface area contributed by atoms with Crippen LogP contribution in [0.15, 0.2) is 34.9 Å². The summed E-state index contributed by atoms with van der Waals surface area (Å²) < 4.78 is 18.5. The van der Waals surface area contributed by atoms with E-state index in [2.05, 4.69) is 17.4 Å². The molecule has 0 atom stereocenters. The van der Waals surface area contributed by atoms with Crippen LogP contribution in [0.1, 0.15) is 44.2 Å². The van der Waals surface area contributed by atoms with E-state index in [1.54, 1.807) is 11.1 Å². The van der Waals surface area contributed by atoms with E-state index < -0.39 is 18.0 Å². The molecule has 0 radical (unpaired) electrons. The molecule has 3 rings (SSSR count). The number of piperidine rings is 1. The van der Waals surface area contributed by atoms with E-state index in [1.807, 2.05) is 0 Å². The SMILES string of the molecule is CCCCNC(=O)ON1CCC(c2noc3cc(F)ccc23)CC1.O=C(O)C=CC(=O)O. The average molecular weight is 451 g/mol. The first-order valence-corrected chi connectivity index (χ1v) is 10.2. The average Bonchev–Trinajstić information content (AvgIpc) is 3.16. The number of aromatic nitrogens is 1. The molecule has 1 aliphatic rings. The second-order valence-electron chi connectivity index (χ2n) is 7.08. The summed E-state index contributed by atoms with van der Waals surface area (Å²) in [4.78, 5) is 36.1. The highest BCUT2D eigenvalue weighted by Crippen LogP contribution is 2.32. The zero-order valence-electron chi connectivity index (χ0n) is 17.6. The molecule has 1 aromatic heterocycles. The smallest absolute Gasteiger partial charge is 0.426 e. The first-order valence-electron chi connectivity index (χ1n) is 10.2. The van der Waals surface area contributed by atoms with Gasteiger partial charge in [-0.15, -0.1) is 5.06 Å². The number of hydrogen-bond donors (Lipinski definition) is 3. The zero-order valence-corrected chi connectivity index (χ0v) is 17.6. The number of rotatable bonds is 7. The normalized spacial score (nSPS) is 14.7. The van der Waals surface area contributed by atoms with Crippen LogP contribution in [0.2, 0.25) is 0 Å². The molecule has 2 aromatic rings. The summed E-state index contributed by atoms with van der Waals surface area (Å²) in [5, 5.41) is 25.0. The second kappa shape index (κ2) is 12.4. The van der Waals surface area contributed by atoms with Crippen molar-refractivity contribution in [3.8, 4) is 0 Å². The van der Waals surface area contributed by atoms with Gasteiger partial charge in [0, 0.05) is 49.2 Å². The van der Waals surface area contributed by atoms with Crippen molar-refractivity contribution in [3.63, 3.8) is 0 Å². The number of benzene rings is 1. The van der Waals surface area contributed by atoms with Crippen molar-refractivity contribution in [2.24, 2.45) is 0 Å². The van der Waals surface area contributed by atoms with E-state index in [1.165, 1.54) is 12.1 Å². The van der Waals surface area contributed by atoms with Crippen LogP contribution in [0, 0.1) is 5.82 Å². The Labute approximate surface area is 183 Å². The third kappa shape index (κ3) is 7.99. The standard InChI is InChI=1S/C17H22FN3O3.C4H4O4/c1-2-3-8-19-17(22)24-21-9-6-12(7-10-21)16-14-5-4-13(18)11-15(14)23-20-16;5-3(6)1-2-4(7)8/h4-5,11-12H,2-3,6-10H2,1H3,(H,19,22);1-2H,(H,5,6)(H,7,8). The van der Waals surface area contributed by atoms with Crippen LogP contribution in [0.4, 0.5) is 9.18 Å².